The molecule has 92 valence electrons. The molecule has 5 heteroatoms. The molecule has 0 aromatic heterocycles. The van der Waals surface area contributed by atoms with E-state index in [0.29, 0.717) is 11.0 Å². The molecule has 2 nitrogen and oxygen atoms in total. The van der Waals surface area contributed by atoms with E-state index in [4.69, 9.17) is 11.5 Å². The first-order valence-electron chi connectivity index (χ1n) is 5.06. The molecular weight excluding hydrogens is 294 g/mol. The zero-order chi connectivity index (χ0) is 11.3. The van der Waals surface area contributed by atoms with Crippen molar-refractivity contribution in [1.29, 1.82) is 0 Å². The van der Waals surface area contributed by atoms with Crippen molar-refractivity contribution in [2.75, 3.05) is 6.54 Å². The normalized spacial score (nSPS) is 12.0. The molecule has 0 amide bonds. The van der Waals surface area contributed by atoms with E-state index >= 15 is 0 Å². The Bertz CT molecular complexity index is 323. The van der Waals surface area contributed by atoms with Gasteiger partial charge in [-0.05, 0) is 46.9 Å². The lowest BCUT2D eigenvalue weighted by Crippen LogP contribution is -2.12. The zero-order valence-corrected chi connectivity index (χ0v) is 11.4. The van der Waals surface area contributed by atoms with Crippen molar-refractivity contribution in [3.63, 3.8) is 0 Å². The number of nitrogens with two attached hydrogens (primary N) is 2. The van der Waals surface area contributed by atoms with Gasteiger partial charge in [-0.1, -0.05) is 18.6 Å². The van der Waals surface area contributed by atoms with Crippen LogP contribution in [0, 0.1) is 5.82 Å². The highest BCUT2D eigenvalue weighted by Crippen LogP contribution is 2.27. The molecule has 0 spiro atoms. The van der Waals surface area contributed by atoms with Gasteiger partial charge in [0.2, 0.25) is 0 Å². The molecule has 0 radical (unpaired) electrons. The van der Waals surface area contributed by atoms with Crippen LogP contribution >= 0.6 is 28.3 Å². The number of halogens is 3. The maximum atomic E-state index is 13.2. The molecule has 0 saturated carbocycles. The van der Waals surface area contributed by atoms with Crippen LogP contribution in [0.5, 0.6) is 0 Å². The van der Waals surface area contributed by atoms with Gasteiger partial charge in [-0.3, -0.25) is 0 Å². The third kappa shape index (κ3) is 4.37. The average Bonchev–Trinajstić information content (AvgIpc) is 2.22. The SMILES string of the molecule is Cl.NCCCC[C@H](N)c1cccc(F)c1Br. The molecule has 0 heterocycles. The average molecular weight is 312 g/mol. The molecule has 1 aromatic rings. The molecule has 1 atom stereocenters. The molecule has 0 saturated heterocycles. The Morgan fingerprint density at radius 1 is 1.31 bits per heavy atom. The number of hydrogen-bond donors (Lipinski definition) is 2. The van der Waals surface area contributed by atoms with Crippen molar-refractivity contribution < 1.29 is 4.39 Å². The standard InChI is InChI=1S/C11H16BrFN2.ClH/c12-11-8(4-3-5-9(11)13)10(15)6-1-2-7-14;/h3-5,10H,1-2,6-7,14-15H2;1H/t10-;/m0./s1. The third-order valence-corrected chi connectivity index (χ3v) is 3.19. The van der Waals surface area contributed by atoms with Crippen molar-refractivity contribution in [1.82, 2.24) is 0 Å². The summed E-state index contributed by atoms with van der Waals surface area (Å²) < 4.78 is 13.7. The zero-order valence-electron chi connectivity index (χ0n) is 8.96. The second kappa shape index (κ2) is 8.01. The Morgan fingerprint density at radius 2 is 2.00 bits per heavy atom. The highest BCUT2D eigenvalue weighted by atomic mass is 79.9. The van der Waals surface area contributed by atoms with E-state index in [-0.39, 0.29) is 24.3 Å². The number of hydrogen-bond acceptors (Lipinski definition) is 2. The topological polar surface area (TPSA) is 52.0 Å². The first-order valence-corrected chi connectivity index (χ1v) is 5.85. The summed E-state index contributed by atoms with van der Waals surface area (Å²) in [6.07, 6.45) is 2.76. The maximum Gasteiger partial charge on any atom is 0.137 e. The molecule has 0 unspecified atom stereocenters. The summed E-state index contributed by atoms with van der Waals surface area (Å²) in [5.74, 6) is -0.262. The van der Waals surface area contributed by atoms with Crippen LogP contribution in [0.15, 0.2) is 22.7 Å². The smallest absolute Gasteiger partial charge is 0.137 e. The van der Waals surface area contributed by atoms with Gasteiger partial charge in [-0.2, -0.15) is 0 Å². The summed E-state index contributed by atoms with van der Waals surface area (Å²) in [6, 6.07) is 4.82. The van der Waals surface area contributed by atoms with Gasteiger partial charge in [0.25, 0.3) is 0 Å². The van der Waals surface area contributed by atoms with Crippen LogP contribution in [0.3, 0.4) is 0 Å². The van der Waals surface area contributed by atoms with E-state index in [9.17, 15) is 4.39 Å². The molecule has 1 aromatic carbocycles. The lowest BCUT2D eigenvalue weighted by Gasteiger charge is -2.13. The minimum absolute atomic E-state index is 0. The Labute approximate surface area is 110 Å². The summed E-state index contributed by atoms with van der Waals surface area (Å²) in [7, 11) is 0. The van der Waals surface area contributed by atoms with Crippen molar-refractivity contribution in [2.24, 2.45) is 11.5 Å². The predicted molar refractivity (Wildman–Crippen MR) is 71.2 cm³/mol. The van der Waals surface area contributed by atoms with Crippen LogP contribution in [0.1, 0.15) is 30.9 Å². The lowest BCUT2D eigenvalue weighted by atomic mass is 10.0. The molecule has 0 bridgehead atoms. The fourth-order valence-corrected chi connectivity index (χ4v) is 2.03. The molecule has 4 N–H and O–H groups in total. The molecule has 0 aliphatic heterocycles. The molecular formula is C11H17BrClFN2. The minimum atomic E-state index is -0.262. The molecule has 0 aliphatic carbocycles. The van der Waals surface area contributed by atoms with Crippen LogP contribution in [0.4, 0.5) is 4.39 Å². The highest BCUT2D eigenvalue weighted by Gasteiger charge is 2.11. The van der Waals surface area contributed by atoms with E-state index in [0.717, 1.165) is 24.8 Å². The van der Waals surface area contributed by atoms with Gasteiger partial charge < -0.3 is 11.5 Å². The van der Waals surface area contributed by atoms with E-state index < -0.39 is 0 Å². The monoisotopic (exact) mass is 310 g/mol. The van der Waals surface area contributed by atoms with Gasteiger partial charge in [0.1, 0.15) is 5.82 Å². The van der Waals surface area contributed by atoms with E-state index in [1.165, 1.54) is 6.07 Å². The van der Waals surface area contributed by atoms with E-state index in [1.54, 1.807) is 6.07 Å². The van der Waals surface area contributed by atoms with Crippen molar-refractivity contribution in [3.05, 3.63) is 34.1 Å². The van der Waals surface area contributed by atoms with Gasteiger partial charge >= 0.3 is 0 Å². The number of benzene rings is 1. The molecule has 16 heavy (non-hydrogen) atoms. The van der Waals surface area contributed by atoms with E-state index in [2.05, 4.69) is 15.9 Å². The summed E-state index contributed by atoms with van der Waals surface area (Å²) in [5, 5.41) is 0. The maximum absolute atomic E-state index is 13.2. The van der Waals surface area contributed by atoms with Gasteiger partial charge in [0.05, 0.1) is 4.47 Å². The highest BCUT2D eigenvalue weighted by molar-refractivity contribution is 9.10. The van der Waals surface area contributed by atoms with Crippen molar-refractivity contribution >= 4 is 28.3 Å². The van der Waals surface area contributed by atoms with Crippen LogP contribution in [0.25, 0.3) is 0 Å². The Balaban J connectivity index is 0.00000225. The fraction of sp³-hybridized carbons (Fsp3) is 0.455. The first-order chi connectivity index (χ1) is 7.16. The van der Waals surface area contributed by atoms with Crippen LogP contribution in [-0.2, 0) is 0 Å². The van der Waals surface area contributed by atoms with Gasteiger partial charge in [0, 0.05) is 6.04 Å². The summed E-state index contributed by atoms with van der Waals surface area (Å²) in [4.78, 5) is 0. The first kappa shape index (κ1) is 15.8. The van der Waals surface area contributed by atoms with Crippen molar-refractivity contribution in [2.45, 2.75) is 25.3 Å². The van der Waals surface area contributed by atoms with Crippen molar-refractivity contribution in [3.8, 4) is 0 Å². The second-order valence-electron chi connectivity index (χ2n) is 3.53. The van der Waals surface area contributed by atoms with Crippen LogP contribution in [0.2, 0.25) is 0 Å². The predicted octanol–water partition coefficient (Wildman–Crippen LogP) is 3.14. The van der Waals surface area contributed by atoms with Gasteiger partial charge in [-0.15, -0.1) is 12.4 Å². The second-order valence-corrected chi connectivity index (χ2v) is 4.33. The molecule has 1 rings (SSSR count). The van der Waals surface area contributed by atoms with Crippen LogP contribution < -0.4 is 11.5 Å². The Hall–Kier alpha value is -0.160. The Morgan fingerprint density at radius 3 is 2.62 bits per heavy atom. The summed E-state index contributed by atoms with van der Waals surface area (Å²) in [5.41, 5.74) is 12.2. The fourth-order valence-electron chi connectivity index (χ4n) is 1.47. The largest absolute Gasteiger partial charge is 0.330 e. The Kier molecular flexibility index (Phi) is 7.93. The van der Waals surface area contributed by atoms with Crippen LogP contribution in [-0.4, -0.2) is 6.54 Å². The van der Waals surface area contributed by atoms with E-state index in [1.807, 2.05) is 6.07 Å². The minimum Gasteiger partial charge on any atom is -0.330 e. The summed E-state index contributed by atoms with van der Waals surface area (Å²) >= 11 is 3.21. The quantitative estimate of drug-likeness (QED) is 0.821. The summed E-state index contributed by atoms with van der Waals surface area (Å²) in [6.45, 7) is 0.678. The number of rotatable bonds is 5. The molecule has 0 aliphatic rings. The van der Waals surface area contributed by atoms with Gasteiger partial charge in [0.15, 0.2) is 0 Å². The van der Waals surface area contributed by atoms with Gasteiger partial charge in [-0.25, -0.2) is 4.39 Å². The lowest BCUT2D eigenvalue weighted by molar-refractivity contribution is 0.575. The third-order valence-electron chi connectivity index (χ3n) is 2.35. The molecule has 0 fully saturated rings. The number of unbranched alkanes of at least 4 members (excludes halogenated alkanes) is 1.